The average molecular weight is 321 g/mol. The first kappa shape index (κ1) is 19.3. The van der Waals surface area contributed by atoms with Gasteiger partial charge < -0.3 is 15.1 Å². The van der Waals surface area contributed by atoms with Crippen molar-refractivity contribution >= 4 is 5.71 Å². The van der Waals surface area contributed by atoms with Gasteiger partial charge in [0.1, 0.15) is 7.11 Å². The summed E-state index contributed by atoms with van der Waals surface area (Å²) in [5, 5.41) is 23.0. The highest BCUT2D eigenvalue weighted by Gasteiger charge is 2.08. The maximum atomic E-state index is 9.60. The molecule has 0 unspecified atom stereocenters. The van der Waals surface area contributed by atoms with Gasteiger partial charge in [-0.05, 0) is 31.0 Å². The molecule has 23 heavy (non-hydrogen) atoms. The van der Waals surface area contributed by atoms with E-state index in [-0.39, 0.29) is 11.5 Å². The van der Waals surface area contributed by atoms with Crippen molar-refractivity contribution < 1.29 is 15.1 Å². The fourth-order valence-corrected chi connectivity index (χ4v) is 2.66. The first-order chi connectivity index (χ1) is 11.2. The largest absolute Gasteiger partial charge is 0.504 e. The first-order valence-corrected chi connectivity index (χ1v) is 8.81. The molecule has 4 nitrogen and oxygen atoms in total. The molecule has 0 saturated carbocycles. The Morgan fingerprint density at radius 2 is 1.52 bits per heavy atom. The van der Waals surface area contributed by atoms with Gasteiger partial charge in [-0.15, -0.1) is 0 Å². The van der Waals surface area contributed by atoms with Crippen LogP contribution in [-0.2, 0) is 4.84 Å². The molecule has 0 spiro atoms. The summed E-state index contributed by atoms with van der Waals surface area (Å²) in [7, 11) is 1.52. The predicted octanol–water partition coefficient (Wildman–Crippen LogP) is 5.37. The number of benzene rings is 1. The molecule has 0 aliphatic heterocycles. The van der Waals surface area contributed by atoms with Crippen LogP contribution in [0.4, 0.5) is 0 Å². The van der Waals surface area contributed by atoms with Crippen LogP contribution >= 0.6 is 0 Å². The predicted molar refractivity (Wildman–Crippen MR) is 95.2 cm³/mol. The van der Waals surface area contributed by atoms with Crippen molar-refractivity contribution in [1.82, 2.24) is 0 Å². The second kappa shape index (κ2) is 11.8. The van der Waals surface area contributed by atoms with E-state index < -0.39 is 0 Å². The van der Waals surface area contributed by atoms with Gasteiger partial charge >= 0.3 is 0 Å². The molecule has 1 aromatic rings. The Balaban J connectivity index is 2.29. The molecular formula is C19H31NO3. The number of rotatable bonds is 12. The van der Waals surface area contributed by atoms with Crippen LogP contribution in [0, 0.1) is 0 Å². The molecule has 4 heteroatoms. The van der Waals surface area contributed by atoms with Gasteiger partial charge in [-0.2, -0.15) is 0 Å². The summed E-state index contributed by atoms with van der Waals surface area (Å²) in [5.74, 6) is -0.244. The summed E-state index contributed by atoms with van der Waals surface area (Å²) in [6, 6.07) is 4.76. The minimum atomic E-state index is -0.126. The number of unbranched alkanes of at least 4 members (excludes halogenated alkanes) is 8. The second-order valence-electron chi connectivity index (χ2n) is 6.00. The van der Waals surface area contributed by atoms with E-state index in [0.29, 0.717) is 0 Å². The summed E-state index contributed by atoms with van der Waals surface area (Å²) in [5.41, 5.74) is 1.60. The third-order valence-corrected chi connectivity index (χ3v) is 4.03. The number of aromatic hydroxyl groups is 2. The lowest BCUT2D eigenvalue weighted by atomic mass is 10.0. The molecule has 130 valence electrons. The van der Waals surface area contributed by atoms with E-state index in [4.69, 9.17) is 4.84 Å². The number of hydrogen-bond donors (Lipinski definition) is 2. The number of oxime groups is 1. The summed E-state index contributed by atoms with van der Waals surface area (Å²) in [6.45, 7) is 2.24. The van der Waals surface area contributed by atoms with Crippen molar-refractivity contribution in [2.45, 2.75) is 71.1 Å². The van der Waals surface area contributed by atoms with Crippen LogP contribution in [0.25, 0.3) is 0 Å². The van der Waals surface area contributed by atoms with Crippen LogP contribution in [0.3, 0.4) is 0 Å². The third-order valence-electron chi connectivity index (χ3n) is 4.03. The van der Waals surface area contributed by atoms with E-state index in [2.05, 4.69) is 12.1 Å². The highest BCUT2D eigenvalue weighted by Crippen LogP contribution is 2.26. The quantitative estimate of drug-likeness (QED) is 0.235. The molecule has 0 heterocycles. The van der Waals surface area contributed by atoms with E-state index in [1.807, 2.05) is 0 Å². The lowest BCUT2D eigenvalue weighted by Gasteiger charge is -2.07. The SMILES string of the molecule is CCCCCCCCCCC/C(=N/OC)c1ccc(O)c(O)c1. The van der Waals surface area contributed by atoms with Gasteiger partial charge in [0, 0.05) is 5.56 Å². The van der Waals surface area contributed by atoms with Crippen LogP contribution in [0.15, 0.2) is 23.4 Å². The van der Waals surface area contributed by atoms with Gasteiger partial charge in [-0.1, -0.05) is 63.4 Å². The third kappa shape index (κ3) is 7.91. The van der Waals surface area contributed by atoms with Crippen molar-refractivity contribution in [2.75, 3.05) is 7.11 Å². The molecule has 0 fully saturated rings. The highest BCUT2D eigenvalue weighted by atomic mass is 16.6. The maximum Gasteiger partial charge on any atom is 0.158 e. The molecule has 0 amide bonds. The van der Waals surface area contributed by atoms with Gasteiger partial charge in [0.15, 0.2) is 11.5 Å². The second-order valence-corrected chi connectivity index (χ2v) is 6.00. The maximum absolute atomic E-state index is 9.60. The fourth-order valence-electron chi connectivity index (χ4n) is 2.66. The van der Waals surface area contributed by atoms with Crippen molar-refractivity contribution in [3.05, 3.63) is 23.8 Å². The Kier molecular flexibility index (Phi) is 9.92. The van der Waals surface area contributed by atoms with Gasteiger partial charge in [-0.25, -0.2) is 0 Å². The lowest BCUT2D eigenvalue weighted by molar-refractivity contribution is 0.212. The molecule has 0 bridgehead atoms. The van der Waals surface area contributed by atoms with Crippen LogP contribution < -0.4 is 0 Å². The Morgan fingerprint density at radius 1 is 0.913 bits per heavy atom. The van der Waals surface area contributed by atoms with Gasteiger partial charge in [0.05, 0.1) is 5.71 Å². The van der Waals surface area contributed by atoms with Crippen LogP contribution in [-0.4, -0.2) is 23.0 Å². The molecular weight excluding hydrogens is 290 g/mol. The van der Waals surface area contributed by atoms with Crippen molar-refractivity contribution in [2.24, 2.45) is 5.16 Å². The van der Waals surface area contributed by atoms with E-state index in [9.17, 15) is 10.2 Å². The molecule has 1 rings (SSSR count). The van der Waals surface area contributed by atoms with Crippen LogP contribution in [0.2, 0.25) is 0 Å². The number of phenolic OH excluding ortho intramolecular Hbond substituents is 2. The normalized spacial score (nSPS) is 11.7. The van der Waals surface area contributed by atoms with Crippen molar-refractivity contribution in [1.29, 1.82) is 0 Å². The summed E-state index contributed by atoms with van der Waals surface area (Å²) < 4.78 is 0. The Labute approximate surface area is 140 Å². The molecule has 0 saturated heterocycles. The Hall–Kier alpha value is -1.71. The first-order valence-electron chi connectivity index (χ1n) is 8.81. The van der Waals surface area contributed by atoms with E-state index in [1.54, 1.807) is 6.07 Å². The minimum Gasteiger partial charge on any atom is -0.504 e. The van der Waals surface area contributed by atoms with E-state index in [0.717, 1.165) is 24.1 Å². The van der Waals surface area contributed by atoms with Gasteiger partial charge in [-0.3, -0.25) is 0 Å². The van der Waals surface area contributed by atoms with Crippen molar-refractivity contribution in [3.8, 4) is 11.5 Å². The standard InChI is InChI=1S/C19H31NO3/c1-3-4-5-6-7-8-9-10-11-12-17(20-23-2)16-13-14-18(21)19(22)15-16/h13-15,21-22H,3-12H2,1-2H3/b20-17-. The highest BCUT2D eigenvalue weighted by molar-refractivity contribution is 6.00. The zero-order chi connectivity index (χ0) is 16.9. The van der Waals surface area contributed by atoms with Gasteiger partial charge in [0.2, 0.25) is 0 Å². The summed E-state index contributed by atoms with van der Waals surface area (Å²) >= 11 is 0. The monoisotopic (exact) mass is 321 g/mol. The van der Waals surface area contributed by atoms with Crippen LogP contribution in [0.5, 0.6) is 11.5 Å². The van der Waals surface area contributed by atoms with E-state index in [1.165, 1.54) is 70.6 Å². The average Bonchev–Trinajstić information content (AvgIpc) is 2.55. The van der Waals surface area contributed by atoms with E-state index >= 15 is 0 Å². The summed E-state index contributed by atoms with van der Waals surface area (Å²) in [6.07, 6.45) is 12.3. The Morgan fingerprint density at radius 3 is 2.09 bits per heavy atom. The molecule has 0 radical (unpaired) electrons. The van der Waals surface area contributed by atoms with Gasteiger partial charge in [0.25, 0.3) is 0 Å². The zero-order valence-electron chi connectivity index (χ0n) is 14.6. The lowest BCUT2D eigenvalue weighted by Crippen LogP contribution is -2.02. The van der Waals surface area contributed by atoms with Crippen molar-refractivity contribution in [3.63, 3.8) is 0 Å². The zero-order valence-corrected chi connectivity index (χ0v) is 14.6. The number of hydrogen-bond acceptors (Lipinski definition) is 4. The number of phenols is 2. The fraction of sp³-hybridized carbons (Fsp3) is 0.632. The minimum absolute atomic E-state index is 0.117. The molecule has 2 N–H and O–H groups in total. The topological polar surface area (TPSA) is 62.0 Å². The summed E-state index contributed by atoms with van der Waals surface area (Å²) in [4.78, 5) is 4.91. The van der Waals surface area contributed by atoms with Crippen LogP contribution in [0.1, 0.15) is 76.7 Å². The smallest absolute Gasteiger partial charge is 0.158 e. The molecule has 1 aromatic carbocycles. The molecule has 0 aromatic heterocycles. The molecule has 0 atom stereocenters. The molecule has 0 aliphatic rings. The molecule has 0 aliphatic carbocycles. The Bertz CT molecular complexity index is 472. The number of nitrogens with zero attached hydrogens (tertiary/aromatic N) is 1.